The van der Waals surface area contributed by atoms with E-state index in [4.69, 9.17) is 5.73 Å². The van der Waals surface area contributed by atoms with Crippen molar-refractivity contribution in [2.75, 3.05) is 0 Å². The zero-order valence-electron chi connectivity index (χ0n) is 30.9. The number of aromatic amines is 1. The maximum absolute atomic E-state index is 13.9. The highest BCUT2D eigenvalue weighted by Gasteiger charge is 2.34. The highest BCUT2D eigenvalue weighted by atomic mass is 16.3. The van der Waals surface area contributed by atoms with Crippen LogP contribution in [0.3, 0.4) is 0 Å². The molecule has 1 aromatic heterocycles. The zero-order chi connectivity index (χ0) is 39.3. The molecule has 1 aromatic carbocycles. The van der Waals surface area contributed by atoms with Gasteiger partial charge >= 0.3 is 0 Å². The number of phenolic OH excluding ortho intramolecular Hbond substituents is 1. The van der Waals surface area contributed by atoms with E-state index in [2.05, 4.69) is 41.9 Å². The predicted molar refractivity (Wildman–Crippen MR) is 191 cm³/mol. The summed E-state index contributed by atoms with van der Waals surface area (Å²) in [6.45, 7) is 12.9. The number of phenols is 1. The third kappa shape index (κ3) is 13.3. The van der Waals surface area contributed by atoms with Gasteiger partial charge in [-0.1, -0.05) is 53.7 Å². The molecule has 0 aliphatic carbocycles. The minimum atomic E-state index is -1.26. The summed E-state index contributed by atoms with van der Waals surface area (Å²) >= 11 is 0. The van der Waals surface area contributed by atoms with E-state index >= 15 is 0 Å². The van der Waals surface area contributed by atoms with Crippen molar-refractivity contribution < 1.29 is 38.7 Å². The number of imidazole rings is 1. The number of hydrogen-bond acceptors (Lipinski definition) is 9. The Morgan fingerprint density at radius 2 is 1.13 bits per heavy atom. The lowest BCUT2D eigenvalue weighted by Crippen LogP contribution is -2.61. The maximum atomic E-state index is 13.9. The van der Waals surface area contributed by atoms with Crippen LogP contribution in [0, 0.1) is 17.8 Å². The van der Waals surface area contributed by atoms with Crippen LogP contribution in [0.5, 0.6) is 5.75 Å². The Morgan fingerprint density at radius 1 is 0.654 bits per heavy atom. The molecule has 0 aliphatic heterocycles. The first-order chi connectivity index (χ1) is 24.3. The first-order valence-electron chi connectivity index (χ1n) is 17.1. The average molecular weight is 728 g/mol. The number of nitrogens with one attached hydrogen (secondary N) is 7. The van der Waals surface area contributed by atoms with Gasteiger partial charge in [0, 0.05) is 31.7 Å². The van der Waals surface area contributed by atoms with Crippen LogP contribution in [0.4, 0.5) is 0 Å². The number of primary amides is 1. The molecule has 2 aromatic rings. The van der Waals surface area contributed by atoms with Gasteiger partial charge < -0.3 is 47.7 Å². The summed E-state index contributed by atoms with van der Waals surface area (Å²) in [6.07, 6.45) is 2.96. The van der Waals surface area contributed by atoms with Crippen molar-refractivity contribution in [3.8, 4) is 5.75 Å². The van der Waals surface area contributed by atoms with Crippen LogP contribution >= 0.6 is 0 Å². The fraction of sp³-hybridized carbons (Fsp3) is 0.543. The molecule has 1 heterocycles. The van der Waals surface area contributed by atoms with Gasteiger partial charge in [-0.15, -0.1) is 0 Å². The van der Waals surface area contributed by atoms with Gasteiger partial charge in [-0.2, -0.15) is 0 Å². The molecule has 2 rings (SSSR count). The Bertz CT molecular complexity index is 1540. The van der Waals surface area contributed by atoms with Crippen LogP contribution in [0.2, 0.25) is 0 Å². The van der Waals surface area contributed by atoms with E-state index in [1.165, 1.54) is 38.5 Å². The number of H-pyrrole nitrogens is 1. The zero-order valence-corrected chi connectivity index (χ0v) is 30.9. The fourth-order valence-electron chi connectivity index (χ4n) is 5.20. The Balaban J connectivity index is 2.30. The highest BCUT2D eigenvalue weighted by molar-refractivity contribution is 5.97. The summed E-state index contributed by atoms with van der Waals surface area (Å²) < 4.78 is 0. The van der Waals surface area contributed by atoms with Gasteiger partial charge in [0.15, 0.2) is 0 Å². The van der Waals surface area contributed by atoms with Crippen LogP contribution in [-0.4, -0.2) is 92.7 Å². The number of hydrogen-bond donors (Lipinski definition) is 9. The fourth-order valence-corrected chi connectivity index (χ4v) is 5.20. The van der Waals surface area contributed by atoms with Gasteiger partial charge in [0.1, 0.15) is 42.0 Å². The maximum Gasteiger partial charge on any atom is 0.243 e. The predicted octanol–water partition coefficient (Wildman–Crippen LogP) is -0.698. The van der Waals surface area contributed by atoms with Crippen molar-refractivity contribution in [1.82, 2.24) is 41.9 Å². The number of carbonyl (C=O) groups is 7. The van der Waals surface area contributed by atoms with E-state index < -0.39 is 89.4 Å². The molecular weight excluding hydrogens is 674 g/mol. The Kier molecular flexibility index (Phi) is 16.2. The third-order valence-corrected chi connectivity index (χ3v) is 8.20. The number of benzene rings is 1. The van der Waals surface area contributed by atoms with Gasteiger partial charge in [-0.05, 0) is 42.4 Å². The molecule has 0 bridgehead atoms. The molecule has 0 unspecified atom stereocenters. The molecule has 0 saturated carbocycles. The van der Waals surface area contributed by atoms with Crippen LogP contribution in [0.15, 0.2) is 36.8 Å². The number of nitrogens with zero attached hydrogens (tertiary/aromatic N) is 1. The number of carbonyl (C=O) groups excluding carboxylic acids is 7. The molecule has 7 amide bonds. The van der Waals surface area contributed by atoms with Crippen molar-refractivity contribution in [2.24, 2.45) is 23.5 Å². The molecule has 0 fully saturated rings. The van der Waals surface area contributed by atoms with E-state index in [0.717, 1.165) is 0 Å². The molecule has 0 spiro atoms. The molecule has 17 nitrogen and oxygen atoms in total. The molecule has 0 radical (unpaired) electrons. The Hall–Kier alpha value is -5.48. The summed E-state index contributed by atoms with van der Waals surface area (Å²) in [5, 5.41) is 25.5. The quantitative estimate of drug-likeness (QED) is 0.0885. The summed E-state index contributed by atoms with van der Waals surface area (Å²) in [7, 11) is 0. The molecule has 0 aliphatic rings. The molecular formula is C35H53N9O8. The Labute approximate surface area is 303 Å². The summed E-state index contributed by atoms with van der Waals surface area (Å²) in [6, 6.07) is -0.657. The normalized spacial score (nSPS) is 14.7. The van der Waals surface area contributed by atoms with Crippen LogP contribution < -0.4 is 37.6 Å². The van der Waals surface area contributed by atoms with Crippen LogP contribution in [0.25, 0.3) is 0 Å². The SMILES string of the molecule is CC(=O)N[C@@H](Cc1cnc[nH]1)C(=O)N[C@H](C(=O)N[C@@H](Cc1ccc(O)cc1)C(=O)N[C@H](C(=O)N[C@@H](C)C(=O)N[C@H](C(N)=O)C(C)C)C(C)C)C(C)C. The molecule has 52 heavy (non-hydrogen) atoms. The summed E-state index contributed by atoms with van der Waals surface area (Å²) in [4.78, 5) is 97.7. The van der Waals surface area contributed by atoms with Crippen molar-refractivity contribution in [3.63, 3.8) is 0 Å². The standard InChI is InChI=1S/C35H53N9O8/c1-17(2)27(30(36)47)42-31(48)20(7)39-34(51)28(18(3)4)43-32(49)25(13-22-9-11-24(46)12-10-22)41-35(52)29(19(5)6)44-33(50)26(40-21(8)45)14-23-15-37-16-38-23/h9-12,15-20,25-29,46H,13-14H2,1-8H3,(H2,36,47)(H,37,38)(H,39,51)(H,40,45)(H,41,52)(H,42,48)(H,43,49)(H,44,50)/t20-,25-,26-,27-,28-,29-/m0/s1. The van der Waals surface area contributed by atoms with Gasteiger partial charge in [0.2, 0.25) is 41.4 Å². The second kappa shape index (κ2) is 19.8. The van der Waals surface area contributed by atoms with E-state index in [-0.39, 0.29) is 24.5 Å². The van der Waals surface area contributed by atoms with E-state index in [1.807, 2.05) is 0 Å². The number of aromatic nitrogens is 2. The van der Waals surface area contributed by atoms with E-state index in [0.29, 0.717) is 11.3 Å². The second-order valence-electron chi connectivity index (χ2n) is 13.8. The lowest BCUT2D eigenvalue weighted by atomic mass is 9.98. The first-order valence-corrected chi connectivity index (χ1v) is 17.1. The second-order valence-corrected chi connectivity index (χ2v) is 13.8. The summed E-state index contributed by atoms with van der Waals surface area (Å²) in [5.74, 6) is -5.82. The average Bonchev–Trinajstić information content (AvgIpc) is 3.57. The van der Waals surface area contributed by atoms with Crippen molar-refractivity contribution in [2.45, 2.75) is 104 Å². The number of amides is 7. The minimum absolute atomic E-state index is 0.00883. The Morgan fingerprint density at radius 3 is 1.58 bits per heavy atom. The van der Waals surface area contributed by atoms with Crippen molar-refractivity contribution in [3.05, 3.63) is 48.0 Å². The van der Waals surface area contributed by atoms with Gasteiger partial charge in [-0.3, -0.25) is 33.6 Å². The van der Waals surface area contributed by atoms with E-state index in [1.54, 1.807) is 53.7 Å². The molecule has 6 atom stereocenters. The van der Waals surface area contributed by atoms with Gasteiger partial charge in [-0.25, -0.2) is 4.98 Å². The minimum Gasteiger partial charge on any atom is -0.508 e. The smallest absolute Gasteiger partial charge is 0.243 e. The summed E-state index contributed by atoms with van der Waals surface area (Å²) in [5.41, 5.74) is 6.55. The molecule has 10 N–H and O–H groups in total. The first kappa shape index (κ1) is 42.7. The molecule has 0 saturated heterocycles. The highest BCUT2D eigenvalue weighted by Crippen LogP contribution is 2.14. The lowest BCUT2D eigenvalue weighted by molar-refractivity contribution is -0.136. The van der Waals surface area contributed by atoms with Gasteiger partial charge in [0.05, 0.1) is 6.33 Å². The van der Waals surface area contributed by atoms with Crippen LogP contribution in [0.1, 0.15) is 66.6 Å². The third-order valence-electron chi connectivity index (χ3n) is 8.20. The molecule has 17 heteroatoms. The number of nitrogens with two attached hydrogens (primary N) is 1. The van der Waals surface area contributed by atoms with Crippen molar-refractivity contribution >= 4 is 41.4 Å². The van der Waals surface area contributed by atoms with Gasteiger partial charge in [0.25, 0.3) is 0 Å². The number of rotatable bonds is 19. The largest absolute Gasteiger partial charge is 0.508 e. The lowest BCUT2D eigenvalue weighted by Gasteiger charge is -2.29. The molecule has 286 valence electrons. The van der Waals surface area contributed by atoms with E-state index in [9.17, 15) is 38.7 Å². The number of aromatic hydroxyl groups is 1. The topological polar surface area (TPSA) is 267 Å². The monoisotopic (exact) mass is 727 g/mol. The van der Waals surface area contributed by atoms with Crippen LogP contribution in [-0.2, 0) is 46.4 Å². The van der Waals surface area contributed by atoms with Crippen molar-refractivity contribution in [1.29, 1.82) is 0 Å².